The molecule has 2 aromatic rings. The number of nitrogens with zero attached hydrogens (tertiary/aromatic N) is 2. The van der Waals surface area contributed by atoms with Crippen molar-refractivity contribution in [2.75, 3.05) is 11.1 Å². The molecular formula is C14H22N4O. The van der Waals surface area contributed by atoms with Gasteiger partial charge in [0.15, 0.2) is 0 Å². The van der Waals surface area contributed by atoms with Crippen molar-refractivity contribution in [2.24, 2.45) is 0 Å². The Morgan fingerprint density at radius 1 is 1.53 bits per heavy atom. The third-order valence-electron chi connectivity index (χ3n) is 3.08. The molecule has 0 aromatic carbocycles. The van der Waals surface area contributed by atoms with Gasteiger partial charge in [-0.25, -0.2) is 4.68 Å². The van der Waals surface area contributed by atoms with Crippen molar-refractivity contribution in [3.63, 3.8) is 0 Å². The third kappa shape index (κ3) is 3.10. The summed E-state index contributed by atoms with van der Waals surface area (Å²) in [5.41, 5.74) is 7.70. The van der Waals surface area contributed by atoms with E-state index in [2.05, 4.69) is 24.3 Å². The van der Waals surface area contributed by atoms with Crippen molar-refractivity contribution < 1.29 is 4.42 Å². The smallest absolute Gasteiger partial charge is 0.148 e. The monoisotopic (exact) mass is 262 g/mol. The van der Waals surface area contributed by atoms with Crippen LogP contribution in [0.1, 0.15) is 31.7 Å². The Bertz CT molecular complexity index is 516. The van der Waals surface area contributed by atoms with Crippen LogP contribution in [0.4, 0.5) is 11.5 Å². The van der Waals surface area contributed by atoms with E-state index in [1.54, 1.807) is 6.26 Å². The van der Waals surface area contributed by atoms with Gasteiger partial charge in [-0.3, -0.25) is 0 Å². The largest absolute Gasteiger partial charge is 0.469 e. The number of anilines is 2. The minimum atomic E-state index is 0.236. The molecule has 0 fully saturated rings. The lowest BCUT2D eigenvalue weighted by atomic mass is 10.2. The molecule has 0 bridgehead atoms. The van der Waals surface area contributed by atoms with Crippen LogP contribution in [0.25, 0.3) is 0 Å². The Labute approximate surface area is 113 Å². The first-order valence-corrected chi connectivity index (χ1v) is 6.73. The molecule has 0 saturated heterocycles. The molecule has 104 valence electrons. The fourth-order valence-corrected chi connectivity index (χ4v) is 2.14. The number of aryl methyl sites for hydroxylation is 2. The van der Waals surface area contributed by atoms with Crippen LogP contribution in [0.2, 0.25) is 0 Å². The molecule has 2 heterocycles. The zero-order valence-electron chi connectivity index (χ0n) is 11.8. The van der Waals surface area contributed by atoms with E-state index in [1.807, 2.05) is 23.7 Å². The van der Waals surface area contributed by atoms with Crippen LogP contribution in [-0.4, -0.2) is 15.8 Å². The quantitative estimate of drug-likeness (QED) is 0.840. The number of hydrogen-bond donors (Lipinski definition) is 2. The maximum absolute atomic E-state index is 6.09. The number of nitrogens with one attached hydrogen (secondary N) is 1. The van der Waals surface area contributed by atoms with Crippen LogP contribution in [0, 0.1) is 6.92 Å². The van der Waals surface area contributed by atoms with Crippen molar-refractivity contribution in [1.29, 1.82) is 0 Å². The first-order chi connectivity index (χ1) is 9.11. The highest BCUT2D eigenvalue weighted by Crippen LogP contribution is 2.23. The summed E-state index contributed by atoms with van der Waals surface area (Å²) in [5, 5.41) is 7.89. The normalized spacial score (nSPS) is 12.6. The molecule has 1 atom stereocenters. The van der Waals surface area contributed by atoms with E-state index in [9.17, 15) is 0 Å². The maximum atomic E-state index is 6.09. The van der Waals surface area contributed by atoms with Gasteiger partial charge in [-0.05, 0) is 32.4 Å². The van der Waals surface area contributed by atoms with Crippen LogP contribution < -0.4 is 11.1 Å². The third-order valence-corrected chi connectivity index (χ3v) is 3.08. The molecule has 2 aromatic heterocycles. The number of aromatic nitrogens is 2. The minimum Gasteiger partial charge on any atom is -0.469 e. The SMILES string of the molecule is CCCn1nc(C)c(N)c1NC(C)Cc1ccco1. The number of nitrogens with two attached hydrogens (primary N) is 1. The highest BCUT2D eigenvalue weighted by Gasteiger charge is 2.15. The van der Waals surface area contributed by atoms with Gasteiger partial charge in [0, 0.05) is 19.0 Å². The molecule has 0 amide bonds. The predicted octanol–water partition coefficient (Wildman–Crippen LogP) is 2.82. The Morgan fingerprint density at radius 3 is 2.95 bits per heavy atom. The van der Waals surface area contributed by atoms with Gasteiger partial charge >= 0.3 is 0 Å². The van der Waals surface area contributed by atoms with Crippen LogP contribution >= 0.6 is 0 Å². The van der Waals surface area contributed by atoms with E-state index in [4.69, 9.17) is 10.2 Å². The highest BCUT2D eigenvalue weighted by molar-refractivity contribution is 5.65. The van der Waals surface area contributed by atoms with Crippen molar-refractivity contribution in [2.45, 2.75) is 46.2 Å². The van der Waals surface area contributed by atoms with Gasteiger partial charge in [0.2, 0.25) is 0 Å². The van der Waals surface area contributed by atoms with E-state index >= 15 is 0 Å². The second-order valence-corrected chi connectivity index (χ2v) is 4.90. The molecular weight excluding hydrogens is 240 g/mol. The van der Waals surface area contributed by atoms with E-state index in [0.29, 0.717) is 0 Å². The molecule has 0 aliphatic rings. The molecule has 2 rings (SSSR count). The van der Waals surface area contributed by atoms with Crippen molar-refractivity contribution in [3.8, 4) is 0 Å². The Balaban J connectivity index is 2.09. The standard InChI is InChI=1S/C14H22N4O/c1-4-7-18-14(13(15)11(3)17-18)16-10(2)9-12-6-5-8-19-12/h5-6,8,10,16H,4,7,9,15H2,1-3H3. The van der Waals surface area contributed by atoms with Crippen LogP contribution in [0.5, 0.6) is 0 Å². The summed E-state index contributed by atoms with van der Waals surface area (Å²) in [6.45, 7) is 7.04. The summed E-state index contributed by atoms with van der Waals surface area (Å²) in [7, 11) is 0. The van der Waals surface area contributed by atoms with Crippen molar-refractivity contribution >= 4 is 11.5 Å². The molecule has 0 saturated carbocycles. The summed E-state index contributed by atoms with van der Waals surface area (Å²) in [5.74, 6) is 1.88. The lowest BCUT2D eigenvalue weighted by molar-refractivity contribution is 0.496. The Kier molecular flexibility index (Phi) is 4.14. The van der Waals surface area contributed by atoms with Gasteiger partial charge in [-0.2, -0.15) is 5.10 Å². The summed E-state index contributed by atoms with van der Waals surface area (Å²) in [6.07, 6.45) is 3.55. The minimum absolute atomic E-state index is 0.236. The van der Waals surface area contributed by atoms with E-state index in [0.717, 1.165) is 42.3 Å². The first kappa shape index (κ1) is 13.5. The average molecular weight is 262 g/mol. The summed E-state index contributed by atoms with van der Waals surface area (Å²) >= 11 is 0. The lowest BCUT2D eigenvalue weighted by Gasteiger charge is -2.16. The second-order valence-electron chi connectivity index (χ2n) is 4.90. The van der Waals surface area contributed by atoms with Crippen molar-refractivity contribution in [1.82, 2.24) is 9.78 Å². The summed E-state index contributed by atoms with van der Waals surface area (Å²) in [4.78, 5) is 0. The zero-order chi connectivity index (χ0) is 13.8. The first-order valence-electron chi connectivity index (χ1n) is 6.73. The molecule has 3 N–H and O–H groups in total. The topological polar surface area (TPSA) is 69.0 Å². The van der Waals surface area contributed by atoms with Gasteiger partial charge in [0.25, 0.3) is 0 Å². The van der Waals surface area contributed by atoms with Crippen LogP contribution in [-0.2, 0) is 13.0 Å². The fourth-order valence-electron chi connectivity index (χ4n) is 2.14. The molecule has 5 nitrogen and oxygen atoms in total. The second kappa shape index (κ2) is 5.82. The number of nitrogen functional groups attached to an aromatic ring is 1. The van der Waals surface area contributed by atoms with Gasteiger partial charge in [0.1, 0.15) is 11.6 Å². The summed E-state index contributed by atoms with van der Waals surface area (Å²) < 4.78 is 7.31. The van der Waals surface area contributed by atoms with Gasteiger partial charge in [-0.1, -0.05) is 6.92 Å². The molecule has 1 unspecified atom stereocenters. The molecule has 5 heteroatoms. The lowest BCUT2D eigenvalue weighted by Crippen LogP contribution is -2.21. The number of hydrogen-bond acceptors (Lipinski definition) is 4. The van der Waals surface area contributed by atoms with Gasteiger partial charge in [0.05, 0.1) is 17.6 Å². The highest BCUT2D eigenvalue weighted by atomic mass is 16.3. The molecule has 19 heavy (non-hydrogen) atoms. The van der Waals surface area contributed by atoms with E-state index in [-0.39, 0.29) is 6.04 Å². The number of furan rings is 1. The molecule has 0 aliphatic heterocycles. The van der Waals surface area contributed by atoms with E-state index < -0.39 is 0 Å². The Hall–Kier alpha value is -1.91. The maximum Gasteiger partial charge on any atom is 0.148 e. The van der Waals surface area contributed by atoms with Crippen LogP contribution in [0.15, 0.2) is 22.8 Å². The number of rotatable bonds is 6. The zero-order valence-corrected chi connectivity index (χ0v) is 11.8. The van der Waals surface area contributed by atoms with Crippen molar-refractivity contribution in [3.05, 3.63) is 29.9 Å². The molecule has 0 aliphatic carbocycles. The summed E-state index contributed by atoms with van der Waals surface area (Å²) in [6, 6.07) is 4.12. The molecule has 0 spiro atoms. The predicted molar refractivity (Wildman–Crippen MR) is 77.2 cm³/mol. The Morgan fingerprint density at radius 2 is 2.32 bits per heavy atom. The van der Waals surface area contributed by atoms with Gasteiger partial charge in [-0.15, -0.1) is 0 Å². The molecule has 0 radical (unpaired) electrons. The average Bonchev–Trinajstić information content (AvgIpc) is 2.94. The van der Waals surface area contributed by atoms with Gasteiger partial charge < -0.3 is 15.5 Å². The fraction of sp³-hybridized carbons (Fsp3) is 0.500. The van der Waals surface area contributed by atoms with Crippen LogP contribution in [0.3, 0.4) is 0 Å². The van der Waals surface area contributed by atoms with E-state index in [1.165, 1.54) is 0 Å².